The van der Waals surface area contributed by atoms with Crippen molar-refractivity contribution >= 4 is 22.9 Å². The van der Waals surface area contributed by atoms with E-state index in [2.05, 4.69) is 23.9 Å². The summed E-state index contributed by atoms with van der Waals surface area (Å²) in [6, 6.07) is 4.62. The van der Waals surface area contributed by atoms with E-state index in [0.717, 1.165) is 43.6 Å². The molecule has 2 heterocycles. The van der Waals surface area contributed by atoms with Crippen LogP contribution in [0.5, 0.6) is 0 Å². The summed E-state index contributed by atoms with van der Waals surface area (Å²) >= 11 is 0. The summed E-state index contributed by atoms with van der Waals surface area (Å²) < 4.78 is 18.5. The molecule has 2 aromatic rings. The fourth-order valence-electron chi connectivity index (χ4n) is 3.39. The number of aliphatic carboxylic acids is 2. The quantitative estimate of drug-likeness (QED) is 0.607. The second-order valence-corrected chi connectivity index (χ2v) is 8.09. The van der Waals surface area contributed by atoms with Crippen LogP contribution < -0.4 is 0 Å². The number of rotatable bonds is 6. The highest BCUT2D eigenvalue weighted by Gasteiger charge is 2.28. The minimum Gasteiger partial charge on any atom is -0.478 e. The van der Waals surface area contributed by atoms with Crippen molar-refractivity contribution in [2.75, 3.05) is 26.2 Å². The van der Waals surface area contributed by atoms with Gasteiger partial charge >= 0.3 is 11.9 Å². The van der Waals surface area contributed by atoms with Gasteiger partial charge in [-0.3, -0.25) is 0 Å². The molecule has 1 aliphatic rings. The van der Waals surface area contributed by atoms with Crippen LogP contribution in [0.1, 0.15) is 38.3 Å². The Morgan fingerprint density at radius 1 is 1.23 bits per heavy atom. The van der Waals surface area contributed by atoms with E-state index in [1.165, 1.54) is 12.1 Å². The molecule has 0 saturated carbocycles. The van der Waals surface area contributed by atoms with Crippen molar-refractivity contribution in [3.05, 3.63) is 41.9 Å². The van der Waals surface area contributed by atoms with Gasteiger partial charge < -0.3 is 24.7 Å². The van der Waals surface area contributed by atoms with Crippen molar-refractivity contribution in [3.8, 4) is 0 Å². The van der Waals surface area contributed by atoms with E-state index < -0.39 is 11.9 Å². The van der Waals surface area contributed by atoms with Gasteiger partial charge in [-0.1, -0.05) is 19.0 Å². The SMILES string of the molecule is CC(C)(CO)CN1CCC(c2noc3cc(F)ccc23)CC1.O=C(O)/C=C/C(=O)O. The number of nitrogens with zero attached hydrogens (tertiary/aromatic N) is 2. The predicted molar refractivity (Wildman–Crippen MR) is 108 cm³/mol. The maximum Gasteiger partial charge on any atom is 0.328 e. The van der Waals surface area contributed by atoms with Crippen molar-refractivity contribution in [2.24, 2.45) is 5.41 Å². The van der Waals surface area contributed by atoms with Gasteiger partial charge in [-0.25, -0.2) is 14.0 Å². The molecule has 3 N–H and O–H groups in total. The van der Waals surface area contributed by atoms with E-state index in [9.17, 15) is 19.1 Å². The highest BCUT2D eigenvalue weighted by molar-refractivity contribution is 5.89. The molecule has 0 unspecified atom stereocenters. The number of halogens is 1. The summed E-state index contributed by atoms with van der Waals surface area (Å²) in [7, 11) is 0. The van der Waals surface area contributed by atoms with Crippen LogP contribution in [0.2, 0.25) is 0 Å². The molecule has 0 atom stereocenters. The molecule has 3 rings (SSSR count). The number of hydrogen-bond acceptors (Lipinski definition) is 6. The van der Waals surface area contributed by atoms with Gasteiger partial charge in [0.1, 0.15) is 5.82 Å². The van der Waals surface area contributed by atoms with Crippen LogP contribution in [-0.4, -0.2) is 63.6 Å². The van der Waals surface area contributed by atoms with E-state index in [1.54, 1.807) is 6.07 Å². The van der Waals surface area contributed by atoms with Crippen molar-refractivity contribution in [1.29, 1.82) is 0 Å². The first-order valence-electron chi connectivity index (χ1n) is 9.63. The molecule has 0 radical (unpaired) electrons. The molecule has 8 nitrogen and oxygen atoms in total. The van der Waals surface area contributed by atoms with Gasteiger partial charge in [-0.2, -0.15) is 0 Å². The molecular weight excluding hydrogens is 395 g/mol. The standard InChI is InChI=1S/C17H23FN2O2.C4H4O4/c1-17(2,11-21)10-20-7-5-12(6-8-20)16-14-4-3-13(18)9-15(14)22-19-16;5-3(6)1-2-4(7)8/h3-4,9,12,21H,5-8,10-11H2,1-2H3;1-2H,(H,5,6)(H,7,8)/b;2-1+. The Morgan fingerprint density at radius 3 is 2.37 bits per heavy atom. The van der Waals surface area contributed by atoms with Gasteiger partial charge in [0.25, 0.3) is 0 Å². The van der Waals surface area contributed by atoms with Gasteiger partial charge in [0.05, 0.1) is 5.69 Å². The van der Waals surface area contributed by atoms with E-state index in [1.807, 2.05) is 0 Å². The zero-order chi connectivity index (χ0) is 22.3. The number of carboxylic acid groups (broad SMARTS) is 2. The lowest BCUT2D eigenvalue weighted by Crippen LogP contribution is -2.40. The normalized spacial score (nSPS) is 15.9. The summed E-state index contributed by atoms with van der Waals surface area (Å²) in [6.07, 6.45) is 3.14. The van der Waals surface area contributed by atoms with Gasteiger partial charge in [-0.15, -0.1) is 0 Å². The first-order chi connectivity index (χ1) is 14.1. The Labute approximate surface area is 173 Å². The Hall–Kier alpha value is -2.78. The number of aliphatic hydroxyl groups is 1. The van der Waals surface area contributed by atoms with E-state index >= 15 is 0 Å². The van der Waals surface area contributed by atoms with Gasteiger partial charge in [-0.05, 0) is 38.1 Å². The molecular formula is C21H27FN2O6. The van der Waals surface area contributed by atoms with Crippen LogP contribution in [0.3, 0.4) is 0 Å². The minimum absolute atomic E-state index is 0.0645. The average molecular weight is 422 g/mol. The third kappa shape index (κ3) is 6.93. The number of likely N-dealkylation sites (tertiary alicyclic amines) is 1. The van der Waals surface area contributed by atoms with Crippen molar-refractivity contribution in [2.45, 2.75) is 32.6 Å². The van der Waals surface area contributed by atoms with Crippen LogP contribution in [0, 0.1) is 11.2 Å². The first kappa shape index (κ1) is 23.5. The van der Waals surface area contributed by atoms with Crippen molar-refractivity contribution in [3.63, 3.8) is 0 Å². The number of benzene rings is 1. The summed E-state index contributed by atoms with van der Waals surface area (Å²) in [6.45, 7) is 7.25. The largest absolute Gasteiger partial charge is 0.478 e. The lowest BCUT2D eigenvalue weighted by molar-refractivity contribution is -0.134. The zero-order valence-electron chi connectivity index (χ0n) is 17.0. The Balaban J connectivity index is 0.000000343. The highest BCUT2D eigenvalue weighted by atomic mass is 19.1. The van der Waals surface area contributed by atoms with E-state index in [0.29, 0.717) is 23.7 Å². The molecule has 0 spiro atoms. The lowest BCUT2D eigenvalue weighted by Gasteiger charge is -2.36. The number of fused-ring (bicyclic) bond motifs is 1. The topological polar surface area (TPSA) is 124 Å². The number of aliphatic hydroxyl groups excluding tert-OH is 1. The number of hydrogen-bond donors (Lipinski definition) is 3. The molecule has 0 amide bonds. The molecule has 1 aromatic heterocycles. The Kier molecular flexibility index (Phi) is 8.08. The average Bonchev–Trinajstić information content (AvgIpc) is 3.10. The molecule has 164 valence electrons. The fourth-order valence-corrected chi connectivity index (χ4v) is 3.39. The molecule has 1 fully saturated rings. The predicted octanol–water partition coefficient (Wildman–Crippen LogP) is 2.88. The highest BCUT2D eigenvalue weighted by Crippen LogP contribution is 2.33. The number of aromatic nitrogens is 1. The van der Waals surface area contributed by atoms with Crippen LogP contribution in [0.25, 0.3) is 11.0 Å². The second-order valence-electron chi connectivity index (χ2n) is 8.09. The Bertz CT molecular complexity index is 884. The minimum atomic E-state index is -1.26. The zero-order valence-corrected chi connectivity index (χ0v) is 17.0. The van der Waals surface area contributed by atoms with Crippen molar-refractivity contribution in [1.82, 2.24) is 10.1 Å². The van der Waals surface area contributed by atoms with Gasteiger partial charge in [0.2, 0.25) is 0 Å². The maximum atomic E-state index is 13.2. The molecule has 0 aliphatic carbocycles. The molecule has 30 heavy (non-hydrogen) atoms. The first-order valence-corrected chi connectivity index (χ1v) is 9.63. The fraction of sp³-hybridized carbons (Fsp3) is 0.476. The summed E-state index contributed by atoms with van der Waals surface area (Å²) in [5, 5.41) is 30.1. The molecule has 1 aromatic carbocycles. The van der Waals surface area contributed by atoms with Crippen molar-refractivity contribution < 1.29 is 33.8 Å². The maximum absolute atomic E-state index is 13.2. The summed E-state index contributed by atoms with van der Waals surface area (Å²) in [5.41, 5.74) is 1.42. The van der Waals surface area contributed by atoms with Gasteiger partial charge in [0, 0.05) is 48.1 Å². The number of carbonyl (C=O) groups is 2. The van der Waals surface area contributed by atoms with Crippen LogP contribution >= 0.6 is 0 Å². The Morgan fingerprint density at radius 2 is 1.83 bits per heavy atom. The lowest BCUT2D eigenvalue weighted by atomic mass is 9.89. The molecule has 1 aliphatic heterocycles. The van der Waals surface area contributed by atoms with Gasteiger partial charge in [0.15, 0.2) is 5.58 Å². The number of piperidine rings is 1. The summed E-state index contributed by atoms with van der Waals surface area (Å²) in [5.74, 6) is -2.45. The monoisotopic (exact) mass is 422 g/mol. The molecule has 1 saturated heterocycles. The second kappa shape index (κ2) is 10.3. The third-order valence-corrected chi connectivity index (χ3v) is 4.88. The number of carboxylic acids is 2. The third-order valence-electron chi connectivity index (χ3n) is 4.88. The van der Waals surface area contributed by atoms with Crippen LogP contribution in [-0.2, 0) is 9.59 Å². The van der Waals surface area contributed by atoms with Crippen LogP contribution in [0.4, 0.5) is 4.39 Å². The van der Waals surface area contributed by atoms with Crippen LogP contribution in [0.15, 0.2) is 34.9 Å². The summed E-state index contributed by atoms with van der Waals surface area (Å²) in [4.78, 5) is 21.5. The van der Waals surface area contributed by atoms with E-state index in [4.69, 9.17) is 14.7 Å². The smallest absolute Gasteiger partial charge is 0.328 e. The molecule has 9 heteroatoms. The van der Waals surface area contributed by atoms with E-state index in [-0.39, 0.29) is 17.8 Å². The molecule has 0 bridgehead atoms.